The van der Waals surface area contributed by atoms with Crippen molar-refractivity contribution >= 4 is 0 Å². The monoisotopic (exact) mass is 192 g/mol. The molecule has 2 aliphatic rings. The number of aliphatic hydroxyl groups is 1. The molecule has 0 unspecified atom stereocenters. The zero-order valence-electron chi connectivity index (χ0n) is 8.32. The molecule has 14 heavy (non-hydrogen) atoms. The van der Waals surface area contributed by atoms with E-state index in [9.17, 15) is 0 Å². The van der Waals surface area contributed by atoms with E-state index in [1.54, 1.807) is 0 Å². The summed E-state index contributed by atoms with van der Waals surface area (Å²) < 4.78 is 0. The molecular weight excluding hydrogens is 176 g/mol. The summed E-state index contributed by atoms with van der Waals surface area (Å²) >= 11 is 0. The van der Waals surface area contributed by atoms with Crippen LogP contribution < -0.4 is 0 Å². The smallest absolute Gasteiger partial charge is 0.0940 e. The van der Waals surface area contributed by atoms with E-state index in [0.717, 1.165) is 18.4 Å². The fourth-order valence-electron chi connectivity index (χ4n) is 2.07. The van der Waals surface area contributed by atoms with Gasteiger partial charge in [-0.25, -0.2) is 0 Å². The highest BCUT2D eigenvalue weighted by Gasteiger charge is 2.34. The number of allylic oxidation sites excluding steroid dienone is 1. The van der Waals surface area contributed by atoms with Crippen molar-refractivity contribution in [2.75, 3.05) is 6.61 Å². The Bertz CT molecular complexity index is 278. The molecule has 1 heterocycles. The van der Waals surface area contributed by atoms with Crippen LogP contribution >= 0.6 is 0 Å². The van der Waals surface area contributed by atoms with Gasteiger partial charge in [-0.2, -0.15) is 10.2 Å². The van der Waals surface area contributed by atoms with Gasteiger partial charge in [0.1, 0.15) is 0 Å². The van der Waals surface area contributed by atoms with Crippen molar-refractivity contribution < 1.29 is 5.11 Å². The quantitative estimate of drug-likeness (QED) is 0.682. The first-order chi connectivity index (χ1) is 6.81. The third-order valence-corrected chi connectivity index (χ3v) is 2.93. The number of rotatable bonds is 4. The zero-order chi connectivity index (χ0) is 9.97. The van der Waals surface area contributed by atoms with E-state index >= 15 is 0 Å². The van der Waals surface area contributed by atoms with Gasteiger partial charge in [-0.3, -0.25) is 0 Å². The second-order valence-corrected chi connectivity index (χ2v) is 3.99. The molecule has 0 aromatic rings. The highest BCUT2D eigenvalue weighted by Crippen LogP contribution is 2.37. The molecular formula is C11H16N2O. The number of aliphatic hydroxyl groups excluding tert-OH is 1. The van der Waals surface area contributed by atoms with Gasteiger partial charge in [-0.15, -0.1) is 0 Å². The van der Waals surface area contributed by atoms with Crippen LogP contribution in [-0.2, 0) is 0 Å². The summed E-state index contributed by atoms with van der Waals surface area (Å²) in [4.78, 5) is 0. The van der Waals surface area contributed by atoms with Gasteiger partial charge in [-0.1, -0.05) is 18.2 Å². The van der Waals surface area contributed by atoms with Crippen LogP contribution in [0, 0.1) is 0 Å². The van der Waals surface area contributed by atoms with Crippen LogP contribution in [0.4, 0.5) is 0 Å². The average molecular weight is 192 g/mol. The highest BCUT2D eigenvalue weighted by atomic mass is 16.3. The SMILES string of the molecule is C=C(CO)CCC=C1[C@@H]2CC[C@H]1N=N2. The summed E-state index contributed by atoms with van der Waals surface area (Å²) in [5, 5.41) is 17.2. The maximum atomic E-state index is 8.79. The lowest BCUT2D eigenvalue weighted by atomic mass is 10.1. The molecule has 0 saturated heterocycles. The lowest BCUT2D eigenvalue weighted by molar-refractivity contribution is 0.327. The summed E-state index contributed by atoms with van der Waals surface area (Å²) in [5.41, 5.74) is 2.30. The Hall–Kier alpha value is -0.960. The maximum absolute atomic E-state index is 8.79. The molecule has 0 aromatic carbocycles. The van der Waals surface area contributed by atoms with Gasteiger partial charge in [0.25, 0.3) is 0 Å². The van der Waals surface area contributed by atoms with Crippen LogP contribution in [0.3, 0.4) is 0 Å². The predicted molar refractivity (Wildman–Crippen MR) is 55.2 cm³/mol. The van der Waals surface area contributed by atoms with E-state index in [0.29, 0.717) is 12.1 Å². The van der Waals surface area contributed by atoms with Crippen LogP contribution in [0.2, 0.25) is 0 Å². The lowest BCUT2D eigenvalue weighted by Gasteiger charge is -2.01. The number of fused-ring (bicyclic) bond motifs is 2. The maximum Gasteiger partial charge on any atom is 0.0940 e. The van der Waals surface area contributed by atoms with E-state index < -0.39 is 0 Å². The summed E-state index contributed by atoms with van der Waals surface area (Å²) in [6.07, 6.45) is 6.41. The van der Waals surface area contributed by atoms with Gasteiger partial charge < -0.3 is 5.11 Å². The summed E-state index contributed by atoms with van der Waals surface area (Å²) in [6.45, 7) is 3.87. The minimum Gasteiger partial charge on any atom is -0.392 e. The van der Waals surface area contributed by atoms with Gasteiger partial charge in [0.05, 0.1) is 18.7 Å². The van der Waals surface area contributed by atoms with Crippen molar-refractivity contribution in [3.8, 4) is 0 Å². The van der Waals surface area contributed by atoms with E-state index in [4.69, 9.17) is 5.11 Å². The van der Waals surface area contributed by atoms with E-state index in [1.807, 2.05) is 0 Å². The first kappa shape index (κ1) is 9.59. The van der Waals surface area contributed by atoms with Gasteiger partial charge in [0.2, 0.25) is 0 Å². The van der Waals surface area contributed by atoms with Crippen molar-refractivity contribution in [3.63, 3.8) is 0 Å². The Labute approximate surface area is 84.2 Å². The zero-order valence-corrected chi connectivity index (χ0v) is 8.32. The summed E-state index contributed by atoms with van der Waals surface area (Å²) in [6, 6.07) is 0.754. The number of azo groups is 1. The lowest BCUT2D eigenvalue weighted by Crippen LogP contribution is -1.99. The van der Waals surface area contributed by atoms with Gasteiger partial charge in [0.15, 0.2) is 0 Å². The van der Waals surface area contributed by atoms with Crippen molar-refractivity contribution in [1.82, 2.24) is 0 Å². The Kier molecular flexibility index (Phi) is 2.77. The molecule has 76 valence electrons. The largest absolute Gasteiger partial charge is 0.392 e. The van der Waals surface area contributed by atoms with Crippen LogP contribution in [0.1, 0.15) is 25.7 Å². The van der Waals surface area contributed by atoms with Crippen LogP contribution in [0.25, 0.3) is 0 Å². The second-order valence-electron chi connectivity index (χ2n) is 3.99. The minimum atomic E-state index is 0.102. The van der Waals surface area contributed by atoms with E-state index in [1.165, 1.54) is 18.4 Å². The number of hydrogen-bond donors (Lipinski definition) is 1. The van der Waals surface area contributed by atoms with E-state index in [-0.39, 0.29) is 6.61 Å². The molecule has 2 rings (SSSR count). The highest BCUT2D eigenvalue weighted by molar-refractivity contribution is 5.26. The number of hydrogen-bond acceptors (Lipinski definition) is 3. The van der Waals surface area contributed by atoms with Gasteiger partial charge in [-0.05, 0) is 31.3 Å². The minimum absolute atomic E-state index is 0.102. The summed E-state index contributed by atoms with van der Waals surface area (Å²) in [7, 11) is 0. The molecule has 3 heteroatoms. The van der Waals surface area contributed by atoms with Crippen molar-refractivity contribution in [2.24, 2.45) is 10.2 Å². The topological polar surface area (TPSA) is 45.0 Å². The molecule has 2 bridgehead atoms. The standard InChI is InChI=1S/C11H16N2O/c1-8(7-14)3-2-4-9-10-5-6-11(9)13-12-10/h4,10-11,14H,1-3,5-7H2/t10-,11+. The molecule has 0 spiro atoms. The molecule has 1 aliphatic heterocycles. The predicted octanol–water partition coefficient (Wildman–Crippen LogP) is 2.24. The van der Waals surface area contributed by atoms with Crippen molar-refractivity contribution in [3.05, 3.63) is 23.8 Å². The second kappa shape index (κ2) is 4.05. The van der Waals surface area contributed by atoms with Gasteiger partial charge >= 0.3 is 0 Å². The normalized spacial score (nSPS) is 31.6. The molecule has 2 atom stereocenters. The number of nitrogens with zero attached hydrogens (tertiary/aromatic N) is 2. The molecule has 0 radical (unpaired) electrons. The first-order valence-electron chi connectivity index (χ1n) is 5.18. The average Bonchev–Trinajstić information content (AvgIpc) is 2.77. The molecule has 1 aliphatic carbocycles. The van der Waals surface area contributed by atoms with E-state index in [2.05, 4.69) is 22.9 Å². The fraction of sp³-hybridized carbons (Fsp3) is 0.636. The molecule has 0 amide bonds. The third-order valence-electron chi connectivity index (χ3n) is 2.93. The third kappa shape index (κ3) is 1.77. The molecule has 1 fully saturated rings. The Morgan fingerprint density at radius 3 is 2.57 bits per heavy atom. The van der Waals surface area contributed by atoms with Crippen LogP contribution in [-0.4, -0.2) is 23.8 Å². The molecule has 3 nitrogen and oxygen atoms in total. The van der Waals surface area contributed by atoms with Gasteiger partial charge in [0, 0.05) is 0 Å². The Morgan fingerprint density at radius 2 is 2.07 bits per heavy atom. The van der Waals surface area contributed by atoms with Crippen LogP contribution in [0.15, 0.2) is 34.0 Å². The molecule has 1 saturated carbocycles. The Balaban J connectivity index is 1.85. The molecule has 1 N–H and O–H groups in total. The first-order valence-corrected chi connectivity index (χ1v) is 5.18. The van der Waals surface area contributed by atoms with Crippen LogP contribution in [0.5, 0.6) is 0 Å². The fourth-order valence-corrected chi connectivity index (χ4v) is 2.07. The Morgan fingerprint density at radius 1 is 1.43 bits per heavy atom. The molecule has 0 aromatic heterocycles. The summed E-state index contributed by atoms with van der Waals surface area (Å²) in [5.74, 6) is 0. The van der Waals surface area contributed by atoms with Crippen molar-refractivity contribution in [2.45, 2.75) is 37.8 Å². The van der Waals surface area contributed by atoms with Crippen molar-refractivity contribution in [1.29, 1.82) is 0 Å².